The molecule has 2 aromatic rings. The van der Waals surface area contributed by atoms with Crippen molar-refractivity contribution < 1.29 is 9.53 Å². The third-order valence-electron chi connectivity index (χ3n) is 5.80. The molecule has 1 unspecified atom stereocenters. The Balaban J connectivity index is 2.09. The number of ether oxygens (including phenoxy) is 1. The SMILES string of the molecule is CCC(c1nc2ccccc2c(=O)n1CCOC)N(CC)C(=O)C1CCCC1. The summed E-state index contributed by atoms with van der Waals surface area (Å²) in [7, 11) is 1.62. The van der Waals surface area contributed by atoms with Gasteiger partial charge in [0.1, 0.15) is 5.82 Å². The number of amides is 1. The van der Waals surface area contributed by atoms with Crippen molar-refractivity contribution >= 4 is 16.8 Å². The molecule has 6 nitrogen and oxygen atoms in total. The van der Waals surface area contributed by atoms with Crippen molar-refractivity contribution in [2.45, 2.75) is 58.5 Å². The van der Waals surface area contributed by atoms with E-state index in [0.717, 1.165) is 25.7 Å². The molecule has 1 aliphatic rings. The summed E-state index contributed by atoms with van der Waals surface area (Å²) in [6.45, 7) is 5.52. The second-order valence-corrected chi connectivity index (χ2v) is 7.47. The fourth-order valence-electron chi connectivity index (χ4n) is 4.32. The first-order valence-electron chi connectivity index (χ1n) is 10.4. The van der Waals surface area contributed by atoms with Gasteiger partial charge in [0.25, 0.3) is 5.56 Å². The van der Waals surface area contributed by atoms with Crippen molar-refractivity contribution in [3.63, 3.8) is 0 Å². The van der Waals surface area contributed by atoms with Gasteiger partial charge in [-0.05, 0) is 38.3 Å². The summed E-state index contributed by atoms with van der Waals surface area (Å²) in [6.07, 6.45) is 4.89. The van der Waals surface area contributed by atoms with Gasteiger partial charge in [0.05, 0.1) is 30.1 Å². The summed E-state index contributed by atoms with van der Waals surface area (Å²) in [5, 5.41) is 0.599. The minimum Gasteiger partial charge on any atom is -0.383 e. The second kappa shape index (κ2) is 9.32. The maximum Gasteiger partial charge on any atom is 0.261 e. The van der Waals surface area contributed by atoms with Gasteiger partial charge < -0.3 is 9.64 Å². The van der Waals surface area contributed by atoms with E-state index in [1.807, 2.05) is 30.0 Å². The average Bonchev–Trinajstić information content (AvgIpc) is 3.26. The highest BCUT2D eigenvalue weighted by atomic mass is 16.5. The average molecular weight is 386 g/mol. The fraction of sp³-hybridized carbons (Fsp3) is 0.591. The summed E-state index contributed by atoms with van der Waals surface area (Å²) in [6, 6.07) is 7.20. The van der Waals surface area contributed by atoms with Gasteiger partial charge in [0.15, 0.2) is 0 Å². The fourth-order valence-corrected chi connectivity index (χ4v) is 4.32. The Morgan fingerprint density at radius 3 is 2.64 bits per heavy atom. The molecule has 0 N–H and O–H groups in total. The summed E-state index contributed by atoms with van der Waals surface area (Å²) >= 11 is 0. The van der Waals surface area contributed by atoms with Gasteiger partial charge >= 0.3 is 0 Å². The molecule has 0 radical (unpaired) electrons. The van der Waals surface area contributed by atoms with Crippen LogP contribution in [0, 0.1) is 5.92 Å². The molecular formula is C22H31N3O3. The topological polar surface area (TPSA) is 64.4 Å². The zero-order chi connectivity index (χ0) is 20.1. The number of methoxy groups -OCH3 is 1. The van der Waals surface area contributed by atoms with E-state index in [2.05, 4.69) is 6.92 Å². The molecule has 1 aromatic carbocycles. The molecule has 152 valence electrons. The molecule has 1 aliphatic carbocycles. The van der Waals surface area contributed by atoms with Gasteiger partial charge in [-0.3, -0.25) is 14.2 Å². The summed E-state index contributed by atoms with van der Waals surface area (Å²) in [5.41, 5.74) is 0.611. The first-order chi connectivity index (χ1) is 13.6. The number of para-hydroxylation sites is 1. The Hall–Kier alpha value is -2.21. The van der Waals surface area contributed by atoms with Crippen LogP contribution in [0.2, 0.25) is 0 Å². The van der Waals surface area contributed by atoms with Crippen molar-refractivity contribution in [1.82, 2.24) is 14.5 Å². The van der Waals surface area contributed by atoms with Crippen LogP contribution in [0.15, 0.2) is 29.1 Å². The van der Waals surface area contributed by atoms with Crippen molar-refractivity contribution in [3.05, 3.63) is 40.4 Å². The van der Waals surface area contributed by atoms with Crippen LogP contribution in [0.4, 0.5) is 0 Å². The standard InChI is InChI=1S/C22H31N3O3/c1-4-19(24(5-2)21(26)16-10-6-7-11-16)20-23-18-13-9-8-12-17(18)22(27)25(20)14-15-28-3/h8-9,12-13,16,19H,4-7,10-11,14-15H2,1-3H3. The van der Waals surface area contributed by atoms with Crippen LogP contribution in [0.1, 0.15) is 57.8 Å². The molecule has 1 fully saturated rings. The van der Waals surface area contributed by atoms with Crippen molar-refractivity contribution in [2.75, 3.05) is 20.3 Å². The lowest BCUT2D eigenvalue weighted by Gasteiger charge is -2.33. The molecule has 1 aromatic heterocycles. The van der Waals surface area contributed by atoms with Crippen LogP contribution in [-0.2, 0) is 16.1 Å². The highest BCUT2D eigenvalue weighted by Gasteiger charge is 2.32. The largest absolute Gasteiger partial charge is 0.383 e. The predicted octanol–water partition coefficient (Wildman–Crippen LogP) is 3.53. The van der Waals surface area contributed by atoms with E-state index in [9.17, 15) is 9.59 Å². The van der Waals surface area contributed by atoms with Crippen molar-refractivity contribution in [1.29, 1.82) is 0 Å². The highest BCUT2D eigenvalue weighted by Crippen LogP contribution is 2.31. The molecule has 1 atom stereocenters. The van der Waals surface area contributed by atoms with E-state index in [0.29, 0.717) is 42.8 Å². The Bertz CT molecular complexity index is 871. The van der Waals surface area contributed by atoms with Crippen molar-refractivity contribution in [2.24, 2.45) is 5.92 Å². The molecule has 6 heteroatoms. The lowest BCUT2D eigenvalue weighted by Crippen LogP contribution is -2.41. The monoisotopic (exact) mass is 385 g/mol. The molecular weight excluding hydrogens is 354 g/mol. The number of aromatic nitrogens is 2. The maximum atomic E-state index is 13.2. The number of hydrogen-bond donors (Lipinski definition) is 0. The molecule has 0 aliphatic heterocycles. The third kappa shape index (κ3) is 3.97. The summed E-state index contributed by atoms with van der Waals surface area (Å²) in [4.78, 5) is 33.2. The van der Waals surface area contributed by atoms with Gasteiger partial charge in [-0.15, -0.1) is 0 Å². The van der Waals surface area contributed by atoms with Crippen molar-refractivity contribution in [3.8, 4) is 0 Å². The second-order valence-electron chi connectivity index (χ2n) is 7.47. The predicted molar refractivity (Wildman–Crippen MR) is 110 cm³/mol. The van der Waals surface area contributed by atoms with E-state index in [1.54, 1.807) is 17.7 Å². The first-order valence-corrected chi connectivity index (χ1v) is 10.4. The number of rotatable bonds is 8. The van der Waals surface area contributed by atoms with E-state index < -0.39 is 0 Å². The minimum absolute atomic E-state index is 0.0690. The highest BCUT2D eigenvalue weighted by molar-refractivity contribution is 5.80. The molecule has 0 saturated heterocycles. The molecule has 1 heterocycles. The van der Waals surface area contributed by atoms with Gasteiger partial charge in [-0.2, -0.15) is 0 Å². The quantitative estimate of drug-likeness (QED) is 0.697. The lowest BCUT2D eigenvalue weighted by atomic mass is 10.0. The number of benzene rings is 1. The number of nitrogens with zero attached hydrogens (tertiary/aromatic N) is 3. The summed E-state index contributed by atoms with van der Waals surface area (Å²) < 4.78 is 6.93. The molecule has 1 saturated carbocycles. The van der Waals surface area contributed by atoms with Gasteiger partial charge in [0.2, 0.25) is 5.91 Å². The van der Waals surface area contributed by atoms with E-state index >= 15 is 0 Å². The molecule has 3 rings (SSSR count). The number of hydrogen-bond acceptors (Lipinski definition) is 4. The zero-order valence-corrected chi connectivity index (χ0v) is 17.2. The Morgan fingerprint density at radius 2 is 2.00 bits per heavy atom. The molecule has 28 heavy (non-hydrogen) atoms. The first kappa shape index (κ1) is 20.5. The number of carbonyl (C=O) groups excluding carboxylic acids is 1. The van der Waals surface area contributed by atoms with Crippen LogP contribution >= 0.6 is 0 Å². The van der Waals surface area contributed by atoms with Crippen LogP contribution < -0.4 is 5.56 Å². The lowest BCUT2D eigenvalue weighted by molar-refractivity contribution is -0.138. The Labute approximate surface area is 166 Å². The molecule has 0 bridgehead atoms. The smallest absolute Gasteiger partial charge is 0.261 e. The van der Waals surface area contributed by atoms with E-state index in [-0.39, 0.29) is 23.4 Å². The van der Waals surface area contributed by atoms with Crippen LogP contribution in [-0.4, -0.2) is 40.6 Å². The Morgan fingerprint density at radius 1 is 1.29 bits per heavy atom. The van der Waals surface area contributed by atoms with Crippen LogP contribution in [0.3, 0.4) is 0 Å². The normalized spacial score (nSPS) is 15.8. The van der Waals surface area contributed by atoms with Crippen LogP contribution in [0.25, 0.3) is 10.9 Å². The van der Waals surface area contributed by atoms with E-state index in [4.69, 9.17) is 9.72 Å². The number of fused-ring (bicyclic) bond motifs is 1. The van der Waals surface area contributed by atoms with E-state index in [1.165, 1.54) is 0 Å². The third-order valence-corrected chi connectivity index (χ3v) is 5.80. The maximum absolute atomic E-state index is 13.2. The van der Waals surface area contributed by atoms with Gasteiger partial charge in [-0.1, -0.05) is 31.9 Å². The van der Waals surface area contributed by atoms with Gasteiger partial charge in [-0.25, -0.2) is 4.98 Å². The summed E-state index contributed by atoms with van der Waals surface area (Å²) in [5.74, 6) is 0.970. The Kier molecular flexibility index (Phi) is 6.83. The minimum atomic E-state index is -0.215. The zero-order valence-electron chi connectivity index (χ0n) is 17.2. The van der Waals surface area contributed by atoms with Crippen LogP contribution in [0.5, 0.6) is 0 Å². The molecule has 1 amide bonds. The molecule has 0 spiro atoms. The number of carbonyl (C=O) groups is 1. The van der Waals surface area contributed by atoms with Gasteiger partial charge in [0, 0.05) is 19.6 Å².